The third kappa shape index (κ3) is 2.50. The van der Waals surface area contributed by atoms with Gasteiger partial charge in [-0.3, -0.25) is 0 Å². The Morgan fingerprint density at radius 1 is 0.645 bits per heavy atom. The second-order valence-electron chi connectivity index (χ2n) is 9.13. The molecule has 1 heterocycles. The van der Waals surface area contributed by atoms with Crippen LogP contribution >= 0.6 is 0 Å². The maximum absolute atomic E-state index is 2.46. The first kappa shape index (κ1) is 18.2. The van der Waals surface area contributed by atoms with Crippen LogP contribution < -0.4 is 0 Å². The van der Waals surface area contributed by atoms with Gasteiger partial charge in [0.25, 0.3) is 0 Å². The highest BCUT2D eigenvalue weighted by Gasteiger charge is 2.35. The monoisotopic (exact) mass is 399 g/mol. The van der Waals surface area contributed by atoms with E-state index in [0.29, 0.717) is 0 Å². The number of benzene rings is 4. The molecule has 1 aromatic heterocycles. The van der Waals surface area contributed by atoms with Crippen LogP contribution in [0.3, 0.4) is 0 Å². The van der Waals surface area contributed by atoms with Gasteiger partial charge in [-0.1, -0.05) is 92.2 Å². The molecule has 0 saturated carbocycles. The number of hydrogen-bond donors (Lipinski definition) is 0. The van der Waals surface area contributed by atoms with Crippen LogP contribution in [-0.2, 0) is 5.41 Å². The molecule has 0 atom stereocenters. The summed E-state index contributed by atoms with van der Waals surface area (Å²) in [5.41, 5.74) is 11.7. The van der Waals surface area contributed by atoms with Crippen molar-refractivity contribution in [1.82, 2.24) is 4.57 Å². The highest BCUT2D eigenvalue weighted by molar-refractivity contribution is 6.08. The summed E-state index contributed by atoms with van der Waals surface area (Å²) in [6.45, 7) is 6.90. The van der Waals surface area contributed by atoms with Gasteiger partial charge in [-0.2, -0.15) is 0 Å². The minimum atomic E-state index is -0.0934. The van der Waals surface area contributed by atoms with Gasteiger partial charge in [-0.25, -0.2) is 0 Å². The average Bonchev–Trinajstić information content (AvgIpc) is 3.09. The molecular formula is C30H25N. The fourth-order valence-corrected chi connectivity index (χ4v) is 5.40. The molecule has 1 aliphatic rings. The summed E-state index contributed by atoms with van der Waals surface area (Å²) in [6, 6.07) is 35.5. The number of rotatable bonds is 1. The molecule has 0 aliphatic heterocycles. The van der Waals surface area contributed by atoms with Crippen LogP contribution in [0.2, 0.25) is 0 Å². The lowest BCUT2D eigenvalue weighted by Gasteiger charge is -2.28. The normalized spacial score (nSPS) is 13.9. The van der Waals surface area contributed by atoms with E-state index in [0.717, 1.165) is 0 Å². The summed E-state index contributed by atoms with van der Waals surface area (Å²) >= 11 is 0. The van der Waals surface area contributed by atoms with Crippen LogP contribution in [0, 0.1) is 6.92 Å². The molecule has 0 N–H and O–H groups in total. The molecule has 5 aromatic rings. The first-order chi connectivity index (χ1) is 15.1. The molecule has 0 bridgehead atoms. The van der Waals surface area contributed by atoms with Crippen molar-refractivity contribution in [1.29, 1.82) is 0 Å². The van der Waals surface area contributed by atoms with E-state index in [1.165, 1.54) is 55.7 Å². The zero-order valence-corrected chi connectivity index (χ0v) is 18.2. The zero-order valence-electron chi connectivity index (χ0n) is 18.2. The molecule has 1 heteroatoms. The van der Waals surface area contributed by atoms with E-state index in [-0.39, 0.29) is 5.41 Å². The molecule has 0 unspecified atom stereocenters. The molecule has 1 nitrogen and oxygen atoms in total. The van der Waals surface area contributed by atoms with Crippen LogP contribution in [0.15, 0.2) is 97.1 Å². The molecular weight excluding hydrogens is 374 g/mol. The van der Waals surface area contributed by atoms with Gasteiger partial charge in [-0.05, 0) is 47.9 Å². The van der Waals surface area contributed by atoms with Gasteiger partial charge in [0.05, 0.1) is 11.2 Å². The fraction of sp³-hybridized carbons (Fsp3) is 0.133. The second-order valence-corrected chi connectivity index (χ2v) is 9.13. The third-order valence-corrected chi connectivity index (χ3v) is 6.86. The standard InChI is InChI=1S/C30H25N/c1-20-17-18-27-24(19-20)28-22-13-7-9-15-25(22)30(2,3)26-16-10-8-14-23(26)29(28)31(27)21-11-5-4-6-12-21/h4-19H,1-3H3. The summed E-state index contributed by atoms with van der Waals surface area (Å²) in [7, 11) is 0. The zero-order chi connectivity index (χ0) is 21.2. The summed E-state index contributed by atoms with van der Waals surface area (Å²) in [4.78, 5) is 0. The van der Waals surface area contributed by atoms with Crippen LogP contribution in [0.5, 0.6) is 0 Å². The Kier molecular flexibility index (Phi) is 3.79. The Morgan fingerprint density at radius 2 is 1.26 bits per heavy atom. The topological polar surface area (TPSA) is 4.93 Å². The van der Waals surface area contributed by atoms with E-state index in [2.05, 4.69) is 122 Å². The smallest absolute Gasteiger partial charge is 0.0622 e. The van der Waals surface area contributed by atoms with Crippen molar-refractivity contribution in [2.45, 2.75) is 26.2 Å². The van der Waals surface area contributed by atoms with Gasteiger partial charge in [0, 0.05) is 27.6 Å². The summed E-state index contributed by atoms with van der Waals surface area (Å²) in [5.74, 6) is 0. The van der Waals surface area contributed by atoms with Gasteiger partial charge in [0.15, 0.2) is 0 Å². The molecule has 0 fully saturated rings. The molecule has 1 aliphatic carbocycles. The van der Waals surface area contributed by atoms with Crippen molar-refractivity contribution < 1.29 is 0 Å². The van der Waals surface area contributed by atoms with Crippen molar-refractivity contribution in [2.75, 3.05) is 0 Å². The van der Waals surface area contributed by atoms with Gasteiger partial charge in [-0.15, -0.1) is 0 Å². The molecule has 0 spiro atoms. The lowest BCUT2D eigenvalue weighted by molar-refractivity contribution is 0.646. The van der Waals surface area contributed by atoms with Crippen LogP contribution in [0.1, 0.15) is 30.5 Å². The van der Waals surface area contributed by atoms with Crippen LogP contribution in [0.4, 0.5) is 0 Å². The number of hydrogen-bond acceptors (Lipinski definition) is 0. The number of fused-ring (bicyclic) bond motifs is 7. The summed E-state index contributed by atoms with van der Waals surface area (Å²) in [5, 5.41) is 1.32. The summed E-state index contributed by atoms with van der Waals surface area (Å²) in [6.07, 6.45) is 0. The van der Waals surface area contributed by atoms with Crippen molar-refractivity contribution in [3.63, 3.8) is 0 Å². The molecule has 4 aromatic carbocycles. The predicted octanol–water partition coefficient (Wildman–Crippen LogP) is 7.91. The van der Waals surface area contributed by atoms with Crippen LogP contribution in [-0.4, -0.2) is 4.57 Å². The minimum Gasteiger partial charge on any atom is -0.309 e. The maximum Gasteiger partial charge on any atom is 0.0622 e. The molecule has 6 rings (SSSR count). The Balaban J connectivity index is 1.91. The van der Waals surface area contributed by atoms with Gasteiger partial charge < -0.3 is 4.57 Å². The lowest BCUT2D eigenvalue weighted by atomic mass is 9.75. The van der Waals surface area contributed by atoms with E-state index in [1.807, 2.05) is 0 Å². The van der Waals surface area contributed by atoms with E-state index in [9.17, 15) is 0 Å². The molecule has 150 valence electrons. The van der Waals surface area contributed by atoms with Crippen molar-refractivity contribution >= 4 is 10.9 Å². The average molecular weight is 400 g/mol. The number of para-hydroxylation sites is 1. The van der Waals surface area contributed by atoms with E-state index >= 15 is 0 Å². The molecule has 0 saturated heterocycles. The first-order valence-electron chi connectivity index (χ1n) is 11.0. The van der Waals surface area contributed by atoms with E-state index in [4.69, 9.17) is 0 Å². The Hall–Kier alpha value is -3.58. The SMILES string of the molecule is Cc1ccc2c(c1)c1c(n2-c2ccccc2)-c2ccccc2C(C)(C)c2ccccc2-1. The highest BCUT2D eigenvalue weighted by Crippen LogP contribution is 2.52. The van der Waals surface area contributed by atoms with E-state index < -0.39 is 0 Å². The minimum absolute atomic E-state index is 0.0934. The number of aromatic nitrogens is 1. The van der Waals surface area contributed by atoms with Crippen molar-refractivity contribution in [3.8, 4) is 28.1 Å². The largest absolute Gasteiger partial charge is 0.309 e. The number of aryl methyl sites for hydroxylation is 1. The maximum atomic E-state index is 2.46. The van der Waals surface area contributed by atoms with Gasteiger partial charge in [0.1, 0.15) is 0 Å². The van der Waals surface area contributed by atoms with Crippen LogP contribution in [0.25, 0.3) is 39.0 Å². The number of nitrogens with zero attached hydrogens (tertiary/aromatic N) is 1. The Labute approximate surface area is 183 Å². The highest BCUT2D eigenvalue weighted by atomic mass is 15.0. The molecule has 31 heavy (non-hydrogen) atoms. The summed E-state index contributed by atoms with van der Waals surface area (Å²) < 4.78 is 2.46. The lowest BCUT2D eigenvalue weighted by Crippen LogP contribution is -2.20. The Bertz CT molecular complexity index is 1450. The third-order valence-electron chi connectivity index (χ3n) is 6.86. The fourth-order valence-electron chi connectivity index (χ4n) is 5.40. The second kappa shape index (κ2) is 6.46. The van der Waals surface area contributed by atoms with Gasteiger partial charge >= 0.3 is 0 Å². The van der Waals surface area contributed by atoms with Crippen molar-refractivity contribution in [3.05, 3.63) is 114 Å². The molecule has 0 radical (unpaired) electrons. The van der Waals surface area contributed by atoms with E-state index in [1.54, 1.807) is 0 Å². The van der Waals surface area contributed by atoms with Gasteiger partial charge in [0.2, 0.25) is 0 Å². The quantitative estimate of drug-likeness (QED) is 0.270. The first-order valence-corrected chi connectivity index (χ1v) is 11.0. The Morgan fingerprint density at radius 3 is 2.00 bits per heavy atom. The predicted molar refractivity (Wildman–Crippen MR) is 131 cm³/mol. The molecule has 0 amide bonds. The van der Waals surface area contributed by atoms with Crippen molar-refractivity contribution in [2.24, 2.45) is 0 Å².